The number of amides is 1. The topological polar surface area (TPSA) is 81.1 Å². The molecule has 1 amide bonds. The highest BCUT2D eigenvalue weighted by atomic mass is 35.5. The minimum absolute atomic E-state index is 0.00290. The van der Waals surface area contributed by atoms with Gasteiger partial charge in [-0.2, -0.15) is 4.80 Å². The molecule has 0 atom stereocenters. The van der Waals surface area contributed by atoms with Crippen molar-refractivity contribution in [3.63, 3.8) is 0 Å². The third-order valence-electron chi connectivity index (χ3n) is 4.34. The Labute approximate surface area is 186 Å². The Hall–Kier alpha value is -3.56. The van der Waals surface area contributed by atoms with Crippen LogP contribution < -0.4 is 15.4 Å². The highest BCUT2D eigenvalue weighted by Crippen LogP contribution is 2.20. The molecule has 0 radical (unpaired) electrons. The molecule has 7 nitrogen and oxygen atoms in total. The minimum atomic E-state index is -0.547. The van der Waals surface area contributed by atoms with Crippen LogP contribution in [0.1, 0.15) is 10.4 Å². The van der Waals surface area contributed by atoms with Gasteiger partial charge in [-0.3, -0.25) is 10.1 Å². The van der Waals surface area contributed by atoms with E-state index in [-0.39, 0.29) is 15.7 Å². The van der Waals surface area contributed by atoms with E-state index in [1.54, 1.807) is 25.3 Å². The number of benzene rings is 3. The summed E-state index contributed by atoms with van der Waals surface area (Å²) in [5, 5.41) is 14.4. The largest absolute Gasteiger partial charge is 0.497 e. The monoisotopic (exact) mass is 455 g/mol. The van der Waals surface area contributed by atoms with Crippen LogP contribution in [0.4, 0.5) is 10.1 Å². The highest BCUT2D eigenvalue weighted by molar-refractivity contribution is 7.80. The summed E-state index contributed by atoms with van der Waals surface area (Å²) in [5.74, 6) is -0.336. The molecule has 0 aliphatic carbocycles. The van der Waals surface area contributed by atoms with Gasteiger partial charge in [0, 0.05) is 5.69 Å². The van der Waals surface area contributed by atoms with Crippen LogP contribution in [-0.4, -0.2) is 33.1 Å². The Balaban J connectivity index is 1.48. The second kappa shape index (κ2) is 8.66. The standard InChI is InChI=1S/C21H15ClFN5O2S/c1-30-15-6-4-14(5-7-15)28-26-18-9-3-13(11-19(18)27-28)24-21(31)25-20(29)16-8-2-12(23)10-17(16)22/h2-11H,1H3,(H2,24,25,29,31). The summed E-state index contributed by atoms with van der Waals surface area (Å²) >= 11 is 11.1. The van der Waals surface area contributed by atoms with Crippen LogP contribution in [0.2, 0.25) is 5.02 Å². The lowest BCUT2D eigenvalue weighted by Crippen LogP contribution is -2.34. The lowest BCUT2D eigenvalue weighted by Gasteiger charge is -2.10. The van der Waals surface area contributed by atoms with Crippen molar-refractivity contribution in [2.45, 2.75) is 0 Å². The van der Waals surface area contributed by atoms with Crippen LogP contribution in [0.5, 0.6) is 5.75 Å². The van der Waals surface area contributed by atoms with Crippen molar-refractivity contribution in [2.75, 3.05) is 12.4 Å². The number of thiocarbonyl (C=S) groups is 1. The van der Waals surface area contributed by atoms with Crippen LogP contribution in [0, 0.1) is 5.82 Å². The maximum absolute atomic E-state index is 13.2. The minimum Gasteiger partial charge on any atom is -0.497 e. The molecule has 2 N–H and O–H groups in total. The molecule has 4 aromatic rings. The first-order valence-electron chi connectivity index (χ1n) is 9.02. The molecule has 4 rings (SSSR count). The van der Waals surface area contributed by atoms with Gasteiger partial charge >= 0.3 is 0 Å². The first kappa shape index (κ1) is 20.7. The zero-order valence-corrected chi connectivity index (χ0v) is 17.7. The number of hydrogen-bond acceptors (Lipinski definition) is 5. The molecule has 0 fully saturated rings. The molecule has 0 bridgehead atoms. The van der Waals surface area contributed by atoms with E-state index in [0.29, 0.717) is 16.7 Å². The van der Waals surface area contributed by atoms with Gasteiger partial charge < -0.3 is 10.1 Å². The first-order chi connectivity index (χ1) is 14.9. The SMILES string of the molecule is COc1ccc(-n2nc3ccc(NC(=S)NC(=O)c4ccc(F)cc4Cl)cc3n2)cc1. The summed E-state index contributed by atoms with van der Waals surface area (Å²) in [5.41, 5.74) is 2.84. The number of fused-ring (bicyclic) bond motifs is 1. The average Bonchev–Trinajstić information content (AvgIpc) is 3.17. The number of carbonyl (C=O) groups excluding carboxylic acids is 1. The zero-order valence-electron chi connectivity index (χ0n) is 16.1. The fourth-order valence-corrected chi connectivity index (χ4v) is 3.29. The van der Waals surface area contributed by atoms with Crippen molar-refractivity contribution in [3.05, 3.63) is 77.1 Å². The van der Waals surface area contributed by atoms with E-state index in [2.05, 4.69) is 20.8 Å². The normalized spacial score (nSPS) is 10.7. The van der Waals surface area contributed by atoms with Gasteiger partial charge in [-0.25, -0.2) is 4.39 Å². The molecule has 0 saturated carbocycles. The molecule has 0 spiro atoms. The molecule has 1 aromatic heterocycles. The van der Waals surface area contributed by atoms with E-state index >= 15 is 0 Å². The molecule has 3 aromatic carbocycles. The third-order valence-corrected chi connectivity index (χ3v) is 4.86. The van der Waals surface area contributed by atoms with Gasteiger partial charge in [0.05, 0.1) is 23.4 Å². The van der Waals surface area contributed by atoms with Crippen LogP contribution in [0.25, 0.3) is 16.7 Å². The number of ether oxygens (including phenoxy) is 1. The summed E-state index contributed by atoms with van der Waals surface area (Å²) in [6.07, 6.45) is 0. The molecule has 10 heteroatoms. The van der Waals surface area contributed by atoms with Gasteiger partial charge in [-0.05, 0) is 72.9 Å². The van der Waals surface area contributed by atoms with Gasteiger partial charge in [0.2, 0.25) is 0 Å². The summed E-state index contributed by atoms with van der Waals surface area (Å²) in [6.45, 7) is 0. The zero-order chi connectivity index (χ0) is 22.0. The predicted octanol–water partition coefficient (Wildman–Crippen LogP) is 4.35. The average molecular weight is 456 g/mol. The lowest BCUT2D eigenvalue weighted by molar-refractivity contribution is 0.0978. The van der Waals surface area contributed by atoms with E-state index in [9.17, 15) is 9.18 Å². The van der Waals surface area contributed by atoms with E-state index in [1.165, 1.54) is 10.9 Å². The van der Waals surface area contributed by atoms with Gasteiger partial charge in [-0.1, -0.05) is 11.6 Å². The van der Waals surface area contributed by atoms with Gasteiger partial charge in [0.25, 0.3) is 5.91 Å². The van der Waals surface area contributed by atoms with Gasteiger partial charge in [-0.15, -0.1) is 10.2 Å². The number of aromatic nitrogens is 3. The smallest absolute Gasteiger partial charge is 0.258 e. The summed E-state index contributed by atoms with van der Waals surface area (Å²) < 4.78 is 18.3. The Morgan fingerprint density at radius 3 is 2.52 bits per heavy atom. The second-order valence-electron chi connectivity index (χ2n) is 6.42. The molecule has 0 unspecified atom stereocenters. The van der Waals surface area contributed by atoms with Crippen molar-refractivity contribution in [1.82, 2.24) is 20.3 Å². The van der Waals surface area contributed by atoms with E-state index in [0.717, 1.165) is 23.6 Å². The number of methoxy groups -OCH3 is 1. The number of rotatable bonds is 4. The van der Waals surface area contributed by atoms with Crippen molar-refractivity contribution in [3.8, 4) is 11.4 Å². The molecular weight excluding hydrogens is 441 g/mol. The lowest BCUT2D eigenvalue weighted by atomic mass is 10.2. The molecule has 0 saturated heterocycles. The quantitative estimate of drug-likeness (QED) is 0.445. The molecule has 0 aliphatic rings. The molecule has 0 aliphatic heterocycles. The van der Waals surface area contributed by atoms with Crippen molar-refractivity contribution in [1.29, 1.82) is 0 Å². The van der Waals surface area contributed by atoms with Crippen LogP contribution >= 0.6 is 23.8 Å². The molecule has 156 valence electrons. The predicted molar refractivity (Wildman–Crippen MR) is 121 cm³/mol. The van der Waals surface area contributed by atoms with Crippen molar-refractivity contribution in [2.24, 2.45) is 0 Å². The molecular formula is C21H15ClFN5O2S. The van der Waals surface area contributed by atoms with E-state index < -0.39 is 11.7 Å². The Bertz CT molecular complexity index is 1290. The fraction of sp³-hybridized carbons (Fsp3) is 0.0476. The number of carbonyl (C=O) groups is 1. The number of anilines is 1. The fourth-order valence-electron chi connectivity index (χ4n) is 2.83. The van der Waals surface area contributed by atoms with E-state index in [4.69, 9.17) is 28.6 Å². The van der Waals surface area contributed by atoms with Gasteiger partial charge in [0.15, 0.2) is 5.11 Å². The highest BCUT2D eigenvalue weighted by Gasteiger charge is 2.13. The second-order valence-corrected chi connectivity index (χ2v) is 7.24. The van der Waals surface area contributed by atoms with E-state index in [1.807, 2.05) is 24.3 Å². The maximum Gasteiger partial charge on any atom is 0.258 e. The summed E-state index contributed by atoms with van der Waals surface area (Å²) in [6, 6.07) is 16.2. The summed E-state index contributed by atoms with van der Waals surface area (Å²) in [4.78, 5) is 13.8. The number of nitrogens with zero attached hydrogens (tertiary/aromatic N) is 3. The Morgan fingerprint density at radius 1 is 1.06 bits per heavy atom. The van der Waals surface area contributed by atoms with Crippen LogP contribution in [-0.2, 0) is 0 Å². The van der Waals surface area contributed by atoms with Crippen LogP contribution in [0.3, 0.4) is 0 Å². The van der Waals surface area contributed by atoms with Crippen molar-refractivity contribution >= 4 is 51.6 Å². The molecule has 1 heterocycles. The number of halogens is 2. The van der Waals surface area contributed by atoms with Crippen molar-refractivity contribution < 1.29 is 13.9 Å². The maximum atomic E-state index is 13.2. The Kier molecular flexibility index (Phi) is 5.79. The van der Waals surface area contributed by atoms with Gasteiger partial charge in [0.1, 0.15) is 22.6 Å². The Morgan fingerprint density at radius 2 is 1.81 bits per heavy atom. The number of hydrogen-bond donors (Lipinski definition) is 2. The number of nitrogens with one attached hydrogen (secondary N) is 2. The first-order valence-corrected chi connectivity index (χ1v) is 9.80. The molecule has 31 heavy (non-hydrogen) atoms. The third kappa shape index (κ3) is 4.62. The summed E-state index contributed by atoms with van der Waals surface area (Å²) in [7, 11) is 1.60. The van der Waals surface area contributed by atoms with Crippen LogP contribution in [0.15, 0.2) is 60.7 Å².